The highest BCUT2D eigenvalue weighted by molar-refractivity contribution is 7.89. The van der Waals surface area contributed by atoms with E-state index in [-0.39, 0.29) is 18.0 Å². The molecule has 8 nitrogen and oxygen atoms in total. The third-order valence-corrected chi connectivity index (χ3v) is 5.21. The van der Waals surface area contributed by atoms with Crippen LogP contribution in [0, 0.1) is 10.1 Å². The van der Waals surface area contributed by atoms with Gasteiger partial charge in [-0.1, -0.05) is 6.92 Å². The Morgan fingerprint density at radius 3 is 2.65 bits per heavy atom. The molecular weight excluding hydrogens is 306 g/mol. The van der Waals surface area contributed by atoms with Crippen molar-refractivity contribution in [3.63, 3.8) is 0 Å². The summed E-state index contributed by atoms with van der Waals surface area (Å²) in [6.07, 6.45) is 0. The predicted octanol–water partition coefficient (Wildman–Crippen LogP) is 0.224. The van der Waals surface area contributed by atoms with E-state index in [1.165, 1.54) is 6.07 Å². The van der Waals surface area contributed by atoms with Gasteiger partial charge < -0.3 is 5.73 Å². The molecule has 1 aromatic rings. The van der Waals surface area contributed by atoms with Crippen LogP contribution in [0.3, 0.4) is 0 Å². The first-order valence-electron chi connectivity index (χ1n) is 5.66. The highest BCUT2D eigenvalue weighted by Crippen LogP contribution is 2.25. The number of hydrogen-bond acceptors (Lipinski definition) is 6. The fourth-order valence-electron chi connectivity index (χ4n) is 1.41. The van der Waals surface area contributed by atoms with Crippen molar-refractivity contribution >= 4 is 32.2 Å². The zero-order valence-corrected chi connectivity index (χ0v) is 12.4. The normalized spacial score (nSPS) is 13.1. The van der Waals surface area contributed by atoms with Crippen LogP contribution in [0.2, 0.25) is 0 Å². The largest absolute Gasteiger partial charge is 0.399 e. The molecule has 1 atom stereocenters. The summed E-state index contributed by atoms with van der Waals surface area (Å²) in [5.74, 6) is 0.562. The lowest BCUT2D eigenvalue weighted by molar-refractivity contribution is -0.387. The van der Waals surface area contributed by atoms with E-state index in [4.69, 9.17) is 5.73 Å². The molecule has 3 N–H and O–H groups in total. The Morgan fingerprint density at radius 1 is 1.45 bits per heavy atom. The van der Waals surface area contributed by atoms with Crippen molar-refractivity contribution in [2.75, 3.05) is 23.8 Å². The van der Waals surface area contributed by atoms with Gasteiger partial charge in [-0.3, -0.25) is 14.3 Å². The van der Waals surface area contributed by atoms with Gasteiger partial charge in [0.2, 0.25) is 10.0 Å². The fourth-order valence-corrected chi connectivity index (χ4v) is 3.39. The van der Waals surface area contributed by atoms with Gasteiger partial charge in [0.1, 0.15) is 0 Å². The zero-order chi connectivity index (χ0) is 15.3. The lowest BCUT2D eigenvalue weighted by Crippen LogP contribution is -2.28. The third-order valence-electron chi connectivity index (χ3n) is 2.41. The molecule has 20 heavy (non-hydrogen) atoms. The quantitative estimate of drug-likeness (QED) is 0.419. The minimum atomic E-state index is -4.07. The minimum absolute atomic E-state index is 0.0608. The number of nitrogens with zero attached hydrogens (tertiary/aromatic N) is 1. The van der Waals surface area contributed by atoms with Crippen LogP contribution in [-0.4, -0.2) is 35.6 Å². The van der Waals surface area contributed by atoms with Crippen molar-refractivity contribution < 1.29 is 17.6 Å². The number of nitrogens with one attached hydrogen (secondary N) is 1. The van der Waals surface area contributed by atoms with Crippen LogP contribution in [0.25, 0.3) is 0 Å². The molecule has 0 amide bonds. The molecule has 112 valence electrons. The number of rotatable bonds is 7. The standard InChI is InChI=1S/C10H15N3O5S2/c1-2-19(16)6-5-12-20(17,18)10-7-8(11)3-4-9(10)13(14)15/h3-4,7,12H,2,5-6,11H2,1H3. The van der Waals surface area contributed by atoms with Gasteiger partial charge in [-0.15, -0.1) is 0 Å². The lowest BCUT2D eigenvalue weighted by Gasteiger charge is -2.07. The molecule has 0 aliphatic carbocycles. The Morgan fingerprint density at radius 2 is 2.10 bits per heavy atom. The number of benzene rings is 1. The molecule has 0 spiro atoms. The summed E-state index contributed by atoms with van der Waals surface area (Å²) in [4.78, 5) is 9.54. The van der Waals surface area contributed by atoms with Gasteiger partial charge in [-0.2, -0.15) is 0 Å². The van der Waals surface area contributed by atoms with Gasteiger partial charge in [0.15, 0.2) is 4.90 Å². The molecule has 0 heterocycles. The van der Waals surface area contributed by atoms with E-state index >= 15 is 0 Å². The Labute approximate surface area is 119 Å². The van der Waals surface area contributed by atoms with E-state index < -0.39 is 36.3 Å². The minimum Gasteiger partial charge on any atom is -0.399 e. The lowest BCUT2D eigenvalue weighted by atomic mass is 10.3. The van der Waals surface area contributed by atoms with Crippen LogP contribution >= 0.6 is 0 Å². The fraction of sp³-hybridized carbons (Fsp3) is 0.400. The first-order valence-corrected chi connectivity index (χ1v) is 8.63. The molecule has 10 heteroatoms. The number of anilines is 1. The van der Waals surface area contributed by atoms with Gasteiger partial charge in [-0.25, -0.2) is 13.1 Å². The van der Waals surface area contributed by atoms with Gasteiger partial charge in [0, 0.05) is 40.6 Å². The average Bonchev–Trinajstić information content (AvgIpc) is 2.37. The van der Waals surface area contributed by atoms with E-state index in [1.54, 1.807) is 6.92 Å². The summed E-state index contributed by atoms with van der Waals surface area (Å²) in [6, 6.07) is 3.31. The second kappa shape index (κ2) is 6.77. The van der Waals surface area contributed by atoms with E-state index in [1.807, 2.05) is 0 Å². The van der Waals surface area contributed by atoms with E-state index in [0.717, 1.165) is 12.1 Å². The maximum absolute atomic E-state index is 12.0. The maximum Gasteiger partial charge on any atom is 0.289 e. The molecule has 0 aliphatic rings. The molecule has 0 bridgehead atoms. The number of sulfonamides is 1. The van der Waals surface area contributed by atoms with Crippen LogP contribution in [0.4, 0.5) is 11.4 Å². The number of nitro groups is 1. The summed E-state index contributed by atoms with van der Waals surface area (Å²) < 4.78 is 37.4. The van der Waals surface area contributed by atoms with Gasteiger partial charge in [0.05, 0.1) is 4.92 Å². The van der Waals surface area contributed by atoms with Crippen LogP contribution in [-0.2, 0) is 20.8 Å². The highest BCUT2D eigenvalue weighted by Gasteiger charge is 2.25. The summed E-state index contributed by atoms with van der Waals surface area (Å²) in [7, 11) is -5.19. The highest BCUT2D eigenvalue weighted by atomic mass is 32.2. The molecule has 1 aromatic carbocycles. The van der Waals surface area contributed by atoms with Gasteiger partial charge >= 0.3 is 0 Å². The Balaban J connectivity index is 3.00. The molecular formula is C10H15N3O5S2. The summed E-state index contributed by atoms with van der Waals surface area (Å²) in [6.45, 7) is 1.65. The zero-order valence-electron chi connectivity index (χ0n) is 10.7. The molecule has 0 saturated carbocycles. The van der Waals surface area contributed by atoms with Gasteiger partial charge in [0.25, 0.3) is 5.69 Å². The van der Waals surface area contributed by atoms with Gasteiger partial charge in [-0.05, 0) is 12.1 Å². The maximum atomic E-state index is 12.0. The molecule has 0 saturated heterocycles. The topological polar surface area (TPSA) is 132 Å². The van der Waals surface area contributed by atoms with Crippen LogP contribution < -0.4 is 10.5 Å². The monoisotopic (exact) mass is 321 g/mol. The van der Waals surface area contributed by atoms with Crippen molar-refractivity contribution in [2.24, 2.45) is 0 Å². The molecule has 0 aliphatic heterocycles. The van der Waals surface area contributed by atoms with E-state index in [9.17, 15) is 22.7 Å². The van der Waals surface area contributed by atoms with Crippen molar-refractivity contribution in [1.82, 2.24) is 4.72 Å². The second-order valence-corrected chi connectivity index (χ2v) is 7.42. The van der Waals surface area contributed by atoms with Crippen molar-refractivity contribution in [1.29, 1.82) is 0 Å². The molecule has 0 fully saturated rings. The Bertz CT molecular complexity index is 630. The summed E-state index contributed by atoms with van der Waals surface area (Å²) in [5.41, 5.74) is 5.01. The van der Waals surface area contributed by atoms with E-state index in [2.05, 4.69) is 4.72 Å². The molecule has 1 rings (SSSR count). The van der Waals surface area contributed by atoms with Crippen LogP contribution in [0.1, 0.15) is 6.92 Å². The molecule has 1 unspecified atom stereocenters. The average molecular weight is 321 g/mol. The first-order chi connectivity index (χ1) is 9.27. The first kappa shape index (κ1) is 16.5. The number of nitrogens with two attached hydrogens (primary N) is 1. The number of nitrogen functional groups attached to an aromatic ring is 1. The van der Waals surface area contributed by atoms with Crippen molar-refractivity contribution in [3.8, 4) is 0 Å². The van der Waals surface area contributed by atoms with E-state index in [0.29, 0.717) is 5.75 Å². The summed E-state index contributed by atoms with van der Waals surface area (Å²) in [5, 5.41) is 10.8. The third kappa shape index (κ3) is 4.25. The second-order valence-electron chi connectivity index (χ2n) is 3.81. The molecule has 0 radical (unpaired) electrons. The van der Waals surface area contributed by atoms with Crippen molar-refractivity contribution in [3.05, 3.63) is 28.3 Å². The molecule has 0 aromatic heterocycles. The smallest absolute Gasteiger partial charge is 0.289 e. The SMILES string of the molecule is CCS(=O)CCNS(=O)(=O)c1cc(N)ccc1[N+](=O)[O-]. The Hall–Kier alpha value is -1.52. The Kier molecular flexibility index (Phi) is 5.60. The predicted molar refractivity (Wildman–Crippen MR) is 76.2 cm³/mol. The van der Waals surface area contributed by atoms with Crippen molar-refractivity contribution in [2.45, 2.75) is 11.8 Å². The van der Waals surface area contributed by atoms with Crippen LogP contribution in [0.15, 0.2) is 23.1 Å². The number of nitro benzene ring substituents is 1. The summed E-state index contributed by atoms with van der Waals surface area (Å²) >= 11 is 0. The van der Waals surface area contributed by atoms with Crippen LogP contribution in [0.5, 0.6) is 0 Å². The number of hydrogen-bond donors (Lipinski definition) is 2.